The third kappa shape index (κ3) is 2.56. The van der Waals surface area contributed by atoms with E-state index in [-0.39, 0.29) is 23.1 Å². The number of aromatic nitrogens is 2. The van der Waals surface area contributed by atoms with E-state index in [2.05, 4.69) is 10.2 Å². The van der Waals surface area contributed by atoms with Crippen LogP contribution in [0.5, 0.6) is 11.5 Å². The van der Waals surface area contributed by atoms with Crippen molar-refractivity contribution in [3.05, 3.63) is 35.0 Å². The lowest BCUT2D eigenvalue weighted by Gasteiger charge is -2.14. The highest BCUT2D eigenvalue weighted by molar-refractivity contribution is 6.29. The van der Waals surface area contributed by atoms with Crippen LogP contribution in [-0.4, -0.2) is 29.6 Å². The van der Waals surface area contributed by atoms with E-state index in [1.54, 1.807) is 18.2 Å². The number of methoxy groups -OCH3 is 1. The standard InChI is InChI=1S/C14H10ClF3N2O2/c1-21-10-4-2-7(9-3-5-12(15)20-19-9)8-6-11(14(16,17)18)22-13(8)10/h2-5,11H,6H2,1H3. The molecule has 0 radical (unpaired) electrons. The van der Waals surface area contributed by atoms with Gasteiger partial charge in [0.2, 0.25) is 0 Å². The minimum atomic E-state index is -4.45. The van der Waals surface area contributed by atoms with Crippen LogP contribution in [-0.2, 0) is 6.42 Å². The molecule has 116 valence electrons. The summed E-state index contributed by atoms with van der Waals surface area (Å²) in [5.74, 6) is 0.353. The first-order chi connectivity index (χ1) is 10.4. The summed E-state index contributed by atoms with van der Waals surface area (Å²) >= 11 is 5.68. The molecular formula is C14H10ClF3N2O2. The summed E-state index contributed by atoms with van der Waals surface area (Å²) in [5.41, 5.74) is 1.35. The Bertz CT molecular complexity index is 704. The fourth-order valence-corrected chi connectivity index (χ4v) is 2.45. The minimum Gasteiger partial charge on any atom is -0.493 e. The van der Waals surface area contributed by atoms with Gasteiger partial charge in [-0.1, -0.05) is 11.6 Å². The van der Waals surface area contributed by atoms with Crippen LogP contribution < -0.4 is 9.47 Å². The van der Waals surface area contributed by atoms with E-state index in [1.807, 2.05) is 0 Å². The predicted octanol–water partition coefficient (Wildman–Crippen LogP) is 3.67. The summed E-state index contributed by atoms with van der Waals surface area (Å²) in [4.78, 5) is 0. The highest BCUT2D eigenvalue weighted by Crippen LogP contribution is 2.46. The van der Waals surface area contributed by atoms with Gasteiger partial charge in [-0.05, 0) is 24.3 Å². The van der Waals surface area contributed by atoms with E-state index in [4.69, 9.17) is 21.1 Å². The van der Waals surface area contributed by atoms with Gasteiger partial charge in [0.1, 0.15) is 0 Å². The molecule has 4 nitrogen and oxygen atoms in total. The van der Waals surface area contributed by atoms with Crippen LogP contribution >= 0.6 is 11.6 Å². The van der Waals surface area contributed by atoms with E-state index >= 15 is 0 Å². The normalized spacial score (nSPS) is 17.0. The van der Waals surface area contributed by atoms with Crippen molar-refractivity contribution in [2.24, 2.45) is 0 Å². The molecule has 1 atom stereocenters. The van der Waals surface area contributed by atoms with Crippen molar-refractivity contribution in [1.29, 1.82) is 0 Å². The van der Waals surface area contributed by atoms with Gasteiger partial charge in [0.15, 0.2) is 22.8 Å². The number of halogens is 4. The molecule has 0 saturated heterocycles. The smallest absolute Gasteiger partial charge is 0.425 e. The van der Waals surface area contributed by atoms with E-state index in [1.165, 1.54) is 13.2 Å². The first-order valence-corrected chi connectivity index (χ1v) is 6.71. The number of alkyl halides is 3. The molecule has 0 fully saturated rings. The molecule has 1 aromatic carbocycles. The Labute approximate surface area is 128 Å². The third-order valence-corrected chi connectivity index (χ3v) is 3.57. The van der Waals surface area contributed by atoms with Crippen molar-refractivity contribution >= 4 is 11.6 Å². The second-order valence-electron chi connectivity index (χ2n) is 4.72. The highest BCUT2D eigenvalue weighted by Gasteiger charge is 2.47. The van der Waals surface area contributed by atoms with Crippen LogP contribution in [0.4, 0.5) is 13.2 Å². The van der Waals surface area contributed by atoms with Gasteiger partial charge in [0, 0.05) is 17.5 Å². The molecule has 22 heavy (non-hydrogen) atoms. The van der Waals surface area contributed by atoms with Gasteiger partial charge in [0.05, 0.1) is 12.8 Å². The first-order valence-electron chi connectivity index (χ1n) is 6.33. The molecule has 1 unspecified atom stereocenters. The first kappa shape index (κ1) is 14.9. The van der Waals surface area contributed by atoms with Gasteiger partial charge >= 0.3 is 6.18 Å². The largest absolute Gasteiger partial charge is 0.493 e. The van der Waals surface area contributed by atoms with Gasteiger partial charge in [-0.25, -0.2) is 0 Å². The molecule has 0 spiro atoms. The lowest BCUT2D eigenvalue weighted by atomic mass is 9.99. The van der Waals surface area contributed by atoms with Gasteiger partial charge in [-0.15, -0.1) is 10.2 Å². The fraction of sp³-hybridized carbons (Fsp3) is 0.286. The molecule has 1 aliphatic rings. The number of hydrogen-bond acceptors (Lipinski definition) is 4. The molecule has 0 saturated carbocycles. The Morgan fingerprint density at radius 1 is 1.23 bits per heavy atom. The number of fused-ring (bicyclic) bond motifs is 1. The average Bonchev–Trinajstić information content (AvgIpc) is 2.92. The third-order valence-electron chi connectivity index (χ3n) is 3.37. The predicted molar refractivity (Wildman–Crippen MR) is 73.2 cm³/mol. The average molecular weight is 331 g/mol. The maximum absolute atomic E-state index is 12.9. The van der Waals surface area contributed by atoms with Crippen molar-refractivity contribution in [1.82, 2.24) is 10.2 Å². The number of ether oxygens (including phenoxy) is 2. The topological polar surface area (TPSA) is 44.2 Å². The summed E-state index contributed by atoms with van der Waals surface area (Å²) in [6.07, 6.45) is -6.64. The molecule has 0 bridgehead atoms. The van der Waals surface area contributed by atoms with Crippen LogP contribution in [0, 0.1) is 0 Å². The Kier molecular flexibility index (Phi) is 3.60. The fourth-order valence-electron chi connectivity index (χ4n) is 2.35. The number of benzene rings is 1. The zero-order valence-corrected chi connectivity index (χ0v) is 12.1. The molecule has 3 rings (SSSR count). The van der Waals surface area contributed by atoms with Crippen molar-refractivity contribution in [2.75, 3.05) is 7.11 Å². The van der Waals surface area contributed by atoms with Crippen LogP contribution in [0.15, 0.2) is 24.3 Å². The minimum absolute atomic E-state index is 0.0964. The zero-order chi connectivity index (χ0) is 15.9. The highest BCUT2D eigenvalue weighted by atomic mass is 35.5. The summed E-state index contributed by atoms with van der Waals surface area (Å²) in [5, 5.41) is 7.83. The van der Waals surface area contributed by atoms with Crippen LogP contribution in [0.3, 0.4) is 0 Å². The second kappa shape index (κ2) is 5.31. The summed E-state index contributed by atoms with van der Waals surface area (Å²) in [7, 11) is 1.38. The van der Waals surface area contributed by atoms with Crippen molar-refractivity contribution < 1.29 is 22.6 Å². The van der Waals surface area contributed by atoms with Crippen LogP contribution in [0.2, 0.25) is 5.15 Å². The van der Waals surface area contributed by atoms with E-state index in [0.717, 1.165) is 0 Å². The van der Waals surface area contributed by atoms with Gasteiger partial charge in [0.25, 0.3) is 0 Å². The Hall–Kier alpha value is -2.02. The van der Waals surface area contributed by atoms with Crippen molar-refractivity contribution in [2.45, 2.75) is 18.7 Å². The molecular weight excluding hydrogens is 321 g/mol. The number of nitrogens with zero attached hydrogens (tertiary/aromatic N) is 2. The van der Waals surface area contributed by atoms with Gasteiger partial charge in [-0.3, -0.25) is 0 Å². The summed E-state index contributed by atoms with van der Waals surface area (Å²) in [6, 6.07) is 6.30. The van der Waals surface area contributed by atoms with Gasteiger partial charge < -0.3 is 9.47 Å². The Morgan fingerprint density at radius 3 is 2.59 bits per heavy atom. The van der Waals surface area contributed by atoms with Crippen LogP contribution in [0.1, 0.15) is 5.56 Å². The molecule has 1 aromatic heterocycles. The molecule has 8 heteroatoms. The van der Waals surface area contributed by atoms with E-state index in [9.17, 15) is 13.2 Å². The maximum Gasteiger partial charge on any atom is 0.425 e. The number of hydrogen-bond donors (Lipinski definition) is 0. The Balaban J connectivity index is 2.09. The molecule has 1 aliphatic heterocycles. The zero-order valence-electron chi connectivity index (χ0n) is 11.3. The van der Waals surface area contributed by atoms with E-state index in [0.29, 0.717) is 16.8 Å². The number of rotatable bonds is 2. The quantitative estimate of drug-likeness (QED) is 0.842. The molecule has 2 aromatic rings. The maximum atomic E-state index is 12.9. The lowest BCUT2D eigenvalue weighted by molar-refractivity contribution is -0.189. The van der Waals surface area contributed by atoms with Gasteiger partial charge in [-0.2, -0.15) is 13.2 Å². The summed E-state index contributed by atoms with van der Waals surface area (Å²) in [6.45, 7) is 0. The molecule has 2 heterocycles. The lowest BCUT2D eigenvalue weighted by Crippen LogP contribution is -2.32. The summed E-state index contributed by atoms with van der Waals surface area (Å²) < 4.78 is 48.9. The van der Waals surface area contributed by atoms with Crippen molar-refractivity contribution in [3.63, 3.8) is 0 Å². The van der Waals surface area contributed by atoms with E-state index < -0.39 is 12.3 Å². The molecule has 0 aliphatic carbocycles. The van der Waals surface area contributed by atoms with Crippen molar-refractivity contribution in [3.8, 4) is 22.8 Å². The SMILES string of the molecule is COc1ccc(-c2ccc(Cl)nn2)c2c1OC(C(F)(F)F)C2. The molecule has 0 N–H and O–H groups in total. The van der Waals surface area contributed by atoms with Crippen LogP contribution in [0.25, 0.3) is 11.3 Å². The monoisotopic (exact) mass is 330 g/mol. The Morgan fingerprint density at radius 2 is 2.00 bits per heavy atom. The molecule has 0 amide bonds. The second-order valence-corrected chi connectivity index (χ2v) is 5.10.